The number of nitrogens with one attached hydrogen (secondary N) is 2. The number of urea groups is 1. The molecule has 6 heteroatoms. The van der Waals surface area contributed by atoms with Crippen LogP contribution in [0.5, 0.6) is 0 Å². The van der Waals surface area contributed by atoms with Gasteiger partial charge in [0.25, 0.3) is 0 Å². The van der Waals surface area contributed by atoms with Gasteiger partial charge in [0.1, 0.15) is 0 Å². The molecule has 0 spiro atoms. The molecule has 0 bridgehead atoms. The summed E-state index contributed by atoms with van der Waals surface area (Å²) in [5.41, 5.74) is 0.677. The van der Waals surface area contributed by atoms with Gasteiger partial charge in [0.15, 0.2) is 0 Å². The molecule has 2 N–H and O–H groups in total. The molecule has 22 heavy (non-hydrogen) atoms. The minimum Gasteiger partial charge on any atom is -0.374 e. The second-order valence-electron chi connectivity index (χ2n) is 5.99. The highest BCUT2D eigenvalue weighted by atomic mass is 35.5. The Balaban J connectivity index is 1.73. The summed E-state index contributed by atoms with van der Waals surface area (Å²) in [5, 5.41) is 6.21. The van der Waals surface area contributed by atoms with Crippen LogP contribution in [0.3, 0.4) is 0 Å². The van der Waals surface area contributed by atoms with Gasteiger partial charge in [-0.15, -0.1) is 0 Å². The Morgan fingerprint density at radius 2 is 2.32 bits per heavy atom. The molecule has 2 amide bonds. The maximum absolute atomic E-state index is 11.9. The number of anilines is 1. The van der Waals surface area contributed by atoms with Crippen molar-refractivity contribution >= 4 is 23.3 Å². The number of morpholine rings is 1. The van der Waals surface area contributed by atoms with E-state index in [-0.39, 0.29) is 12.1 Å². The fraction of sp³-hybridized carbons (Fsp3) is 0.562. The lowest BCUT2D eigenvalue weighted by atomic mass is 10.2. The Morgan fingerprint density at radius 3 is 3.05 bits per heavy atom. The molecule has 2 rings (SSSR count). The summed E-state index contributed by atoms with van der Waals surface area (Å²) in [5.74, 6) is 0.637. The zero-order valence-corrected chi connectivity index (χ0v) is 13.9. The van der Waals surface area contributed by atoms with E-state index in [0.29, 0.717) is 23.2 Å². The quantitative estimate of drug-likeness (QED) is 0.875. The molecular formula is C16H24ClN3O2. The van der Waals surface area contributed by atoms with E-state index in [2.05, 4.69) is 29.4 Å². The van der Waals surface area contributed by atoms with Crippen LogP contribution in [0.4, 0.5) is 10.5 Å². The molecule has 1 saturated heterocycles. The van der Waals surface area contributed by atoms with E-state index in [9.17, 15) is 4.79 Å². The van der Waals surface area contributed by atoms with Crippen molar-refractivity contribution in [3.8, 4) is 0 Å². The lowest BCUT2D eigenvalue weighted by Crippen LogP contribution is -2.48. The van der Waals surface area contributed by atoms with E-state index in [1.54, 1.807) is 24.3 Å². The number of hydrogen-bond acceptors (Lipinski definition) is 3. The van der Waals surface area contributed by atoms with E-state index >= 15 is 0 Å². The molecule has 0 aromatic heterocycles. The Hall–Kier alpha value is -1.30. The lowest BCUT2D eigenvalue weighted by Gasteiger charge is -2.33. The highest BCUT2D eigenvalue weighted by Crippen LogP contribution is 2.14. The number of halogens is 1. The SMILES string of the molecule is CC(C)CN1CCOC(CNC(=O)Nc2cccc(Cl)c2)C1. The van der Waals surface area contributed by atoms with Crippen LogP contribution in [0.15, 0.2) is 24.3 Å². The van der Waals surface area contributed by atoms with Gasteiger partial charge in [0.05, 0.1) is 12.7 Å². The zero-order chi connectivity index (χ0) is 15.9. The summed E-state index contributed by atoms with van der Waals surface area (Å²) >= 11 is 5.89. The van der Waals surface area contributed by atoms with E-state index in [1.165, 1.54) is 0 Å². The summed E-state index contributed by atoms with van der Waals surface area (Å²) in [4.78, 5) is 14.3. The number of carbonyl (C=O) groups is 1. The van der Waals surface area contributed by atoms with Gasteiger partial charge in [-0.2, -0.15) is 0 Å². The average Bonchev–Trinajstić information content (AvgIpc) is 2.45. The van der Waals surface area contributed by atoms with Gasteiger partial charge in [-0.25, -0.2) is 4.79 Å². The number of benzene rings is 1. The molecule has 5 nitrogen and oxygen atoms in total. The fourth-order valence-electron chi connectivity index (χ4n) is 2.53. The third-order valence-corrected chi connectivity index (χ3v) is 3.65. The first-order valence-electron chi connectivity index (χ1n) is 7.67. The van der Waals surface area contributed by atoms with Crippen molar-refractivity contribution in [1.29, 1.82) is 0 Å². The second kappa shape index (κ2) is 8.36. The first kappa shape index (κ1) is 17.1. The van der Waals surface area contributed by atoms with Crippen LogP contribution in [0.25, 0.3) is 0 Å². The molecule has 1 atom stereocenters. The van der Waals surface area contributed by atoms with Crippen LogP contribution in [0.2, 0.25) is 5.02 Å². The van der Waals surface area contributed by atoms with Crippen LogP contribution in [-0.4, -0.2) is 49.8 Å². The van der Waals surface area contributed by atoms with Gasteiger partial charge in [-0.05, 0) is 24.1 Å². The summed E-state index contributed by atoms with van der Waals surface area (Å²) < 4.78 is 5.70. The van der Waals surface area contributed by atoms with E-state index in [4.69, 9.17) is 16.3 Å². The smallest absolute Gasteiger partial charge is 0.319 e. The van der Waals surface area contributed by atoms with E-state index < -0.39 is 0 Å². The summed E-state index contributed by atoms with van der Waals surface area (Å²) in [7, 11) is 0. The topological polar surface area (TPSA) is 53.6 Å². The molecule has 1 aliphatic rings. The highest BCUT2D eigenvalue weighted by molar-refractivity contribution is 6.30. The van der Waals surface area contributed by atoms with Crippen molar-refractivity contribution in [3.05, 3.63) is 29.3 Å². The molecule has 0 radical (unpaired) electrons. The molecular weight excluding hydrogens is 302 g/mol. The average molecular weight is 326 g/mol. The molecule has 122 valence electrons. The van der Waals surface area contributed by atoms with Gasteiger partial charge < -0.3 is 15.4 Å². The predicted octanol–water partition coefficient (Wildman–Crippen LogP) is 2.82. The fourth-order valence-corrected chi connectivity index (χ4v) is 2.72. The maximum Gasteiger partial charge on any atom is 0.319 e. The van der Waals surface area contributed by atoms with Crippen molar-refractivity contribution in [2.75, 3.05) is 38.1 Å². The maximum atomic E-state index is 11.9. The van der Waals surface area contributed by atoms with E-state index in [0.717, 1.165) is 26.2 Å². The van der Waals surface area contributed by atoms with Crippen LogP contribution in [-0.2, 0) is 4.74 Å². The van der Waals surface area contributed by atoms with Crippen LogP contribution in [0.1, 0.15) is 13.8 Å². The van der Waals surface area contributed by atoms with Gasteiger partial charge in [-0.1, -0.05) is 31.5 Å². The third kappa shape index (κ3) is 5.83. The lowest BCUT2D eigenvalue weighted by molar-refractivity contribution is -0.0288. The largest absolute Gasteiger partial charge is 0.374 e. The number of amides is 2. The molecule has 1 unspecified atom stereocenters. The third-order valence-electron chi connectivity index (χ3n) is 3.42. The first-order chi connectivity index (χ1) is 10.5. The zero-order valence-electron chi connectivity index (χ0n) is 13.1. The van der Waals surface area contributed by atoms with Crippen LogP contribution in [0, 0.1) is 5.92 Å². The molecule has 0 aliphatic carbocycles. The Bertz CT molecular complexity index is 496. The monoisotopic (exact) mass is 325 g/mol. The van der Waals surface area contributed by atoms with Crippen molar-refractivity contribution in [2.24, 2.45) is 5.92 Å². The Labute approximate surface area is 137 Å². The van der Waals surface area contributed by atoms with Gasteiger partial charge in [-0.3, -0.25) is 4.90 Å². The molecule has 1 aliphatic heterocycles. The molecule has 1 heterocycles. The molecule has 0 saturated carbocycles. The predicted molar refractivity (Wildman–Crippen MR) is 89.5 cm³/mol. The Kier molecular flexibility index (Phi) is 6.49. The van der Waals surface area contributed by atoms with Gasteiger partial charge in [0, 0.05) is 36.9 Å². The van der Waals surface area contributed by atoms with E-state index in [1.807, 2.05) is 0 Å². The van der Waals surface area contributed by atoms with Crippen molar-refractivity contribution in [2.45, 2.75) is 20.0 Å². The number of rotatable bonds is 5. The number of carbonyl (C=O) groups excluding carboxylic acids is 1. The molecule has 1 aromatic carbocycles. The molecule has 1 fully saturated rings. The van der Waals surface area contributed by atoms with Crippen molar-refractivity contribution in [1.82, 2.24) is 10.2 Å². The molecule has 1 aromatic rings. The minimum absolute atomic E-state index is 0.0395. The minimum atomic E-state index is -0.244. The number of ether oxygens (including phenoxy) is 1. The van der Waals surface area contributed by atoms with Crippen molar-refractivity contribution < 1.29 is 9.53 Å². The Morgan fingerprint density at radius 1 is 1.50 bits per heavy atom. The van der Waals surface area contributed by atoms with Gasteiger partial charge in [0.2, 0.25) is 0 Å². The van der Waals surface area contributed by atoms with Gasteiger partial charge >= 0.3 is 6.03 Å². The summed E-state index contributed by atoms with van der Waals surface area (Å²) in [6.45, 7) is 8.52. The summed E-state index contributed by atoms with van der Waals surface area (Å²) in [6.07, 6.45) is 0.0395. The summed E-state index contributed by atoms with van der Waals surface area (Å²) in [6, 6.07) is 6.83. The van der Waals surface area contributed by atoms with Crippen LogP contribution >= 0.6 is 11.6 Å². The highest BCUT2D eigenvalue weighted by Gasteiger charge is 2.21. The first-order valence-corrected chi connectivity index (χ1v) is 8.05. The second-order valence-corrected chi connectivity index (χ2v) is 6.43. The number of nitrogens with zero attached hydrogens (tertiary/aromatic N) is 1. The van der Waals surface area contributed by atoms with Crippen molar-refractivity contribution in [3.63, 3.8) is 0 Å². The van der Waals surface area contributed by atoms with Crippen LogP contribution < -0.4 is 10.6 Å². The standard InChI is InChI=1S/C16H24ClN3O2/c1-12(2)10-20-6-7-22-15(11-20)9-18-16(21)19-14-5-3-4-13(17)8-14/h3-5,8,12,15H,6-7,9-11H2,1-2H3,(H2,18,19,21). The number of hydrogen-bond donors (Lipinski definition) is 2. The normalized spacial score (nSPS) is 19.2.